The average Bonchev–Trinajstić information content (AvgIpc) is 3.39. The molecule has 2 amide bonds. The van der Waals surface area contributed by atoms with Crippen molar-refractivity contribution in [1.29, 1.82) is 0 Å². The molecular weight excluding hydrogens is 503 g/mol. The summed E-state index contributed by atoms with van der Waals surface area (Å²) in [4.78, 5) is 26.2. The highest BCUT2D eigenvalue weighted by atomic mass is 32.1. The highest BCUT2D eigenvalue weighted by Crippen LogP contribution is 2.29. The summed E-state index contributed by atoms with van der Waals surface area (Å²) >= 11 is 1.16. The number of nitrogens with zero attached hydrogens (tertiary/aromatic N) is 2. The minimum Gasteiger partial charge on any atom is -0.484 e. The fraction of sp³-hybridized carbons (Fsp3) is 0.333. The van der Waals surface area contributed by atoms with E-state index in [4.69, 9.17) is 4.74 Å². The minimum absolute atomic E-state index is 0.0913. The van der Waals surface area contributed by atoms with Gasteiger partial charge in [-0.2, -0.15) is 23.4 Å². The predicted octanol–water partition coefficient (Wildman–Crippen LogP) is 7.14. The number of halogens is 3. The lowest BCUT2D eigenvalue weighted by Crippen LogP contribution is -2.33. The SMILES string of the molecule is O=C(NC(=O)[C@@H](N=NC1CCCCC1)c1ccccc1)c1cc(-c2ccc(OCC(F)(F)F)cc2)cs1. The summed E-state index contributed by atoms with van der Waals surface area (Å²) in [7, 11) is 0. The lowest BCUT2D eigenvalue weighted by molar-refractivity contribution is -0.153. The van der Waals surface area contributed by atoms with E-state index in [1.54, 1.807) is 47.8 Å². The van der Waals surface area contributed by atoms with Crippen LogP contribution in [0.15, 0.2) is 76.3 Å². The summed E-state index contributed by atoms with van der Waals surface area (Å²) in [6.45, 7) is -1.37. The molecule has 6 nitrogen and oxygen atoms in total. The highest BCUT2D eigenvalue weighted by Gasteiger charge is 2.28. The van der Waals surface area contributed by atoms with Crippen LogP contribution >= 0.6 is 11.3 Å². The fourth-order valence-electron chi connectivity index (χ4n) is 4.02. The van der Waals surface area contributed by atoms with Crippen LogP contribution in [0.25, 0.3) is 11.1 Å². The van der Waals surface area contributed by atoms with E-state index in [1.165, 1.54) is 18.6 Å². The monoisotopic (exact) mass is 529 g/mol. The first-order valence-corrected chi connectivity index (χ1v) is 12.8. The number of imide groups is 1. The zero-order chi connectivity index (χ0) is 26.3. The number of amides is 2. The molecule has 10 heteroatoms. The molecule has 1 atom stereocenters. The van der Waals surface area contributed by atoms with Gasteiger partial charge in [0.05, 0.1) is 10.9 Å². The Labute approximate surface area is 216 Å². The molecule has 37 heavy (non-hydrogen) atoms. The van der Waals surface area contributed by atoms with Crippen molar-refractivity contribution in [2.45, 2.75) is 50.4 Å². The molecule has 0 unspecified atom stereocenters. The van der Waals surface area contributed by atoms with Gasteiger partial charge in [0.2, 0.25) is 0 Å². The number of ether oxygens (including phenoxy) is 1. The number of azo groups is 1. The summed E-state index contributed by atoms with van der Waals surface area (Å²) in [5.41, 5.74) is 2.04. The van der Waals surface area contributed by atoms with Gasteiger partial charge < -0.3 is 4.74 Å². The first kappa shape index (κ1) is 26.5. The first-order valence-electron chi connectivity index (χ1n) is 12.0. The Balaban J connectivity index is 1.42. The van der Waals surface area contributed by atoms with Crippen molar-refractivity contribution in [3.63, 3.8) is 0 Å². The Bertz CT molecular complexity index is 1220. The van der Waals surface area contributed by atoms with Crippen molar-refractivity contribution in [3.8, 4) is 16.9 Å². The molecule has 1 aliphatic rings. The Morgan fingerprint density at radius 3 is 2.38 bits per heavy atom. The molecule has 1 aromatic heterocycles. The molecular formula is C27H26F3N3O3S. The van der Waals surface area contributed by atoms with Crippen LogP contribution in [0.2, 0.25) is 0 Å². The molecule has 4 rings (SSSR count). The maximum Gasteiger partial charge on any atom is 0.422 e. The quantitative estimate of drug-likeness (QED) is 0.315. The molecule has 1 fully saturated rings. The van der Waals surface area contributed by atoms with E-state index in [1.807, 2.05) is 6.07 Å². The van der Waals surface area contributed by atoms with Crippen LogP contribution in [0.4, 0.5) is 13.2 Å². The van der Waals surface area contributed by atoms with Crippen molar-refractivity contribution >= 4 is 23.2 Å². The smallest absolute Gasteiger partial charge is 0.422 e. The Morgan fingerprint density at radius 2 is 1.70 bits per heavy atom. The Kier molecular flexibility index (Phi) is 8.70. The van der Waals surface area contributed by atoms with E-state index >= 15 is 0 Å². The average molecular weight is 530 g/mol. The van der Waals surface area contributed by atoms with Gasteiger partial charge in [-0.05, 0) is 53.1 Å². The van der Waals surface area contributed by atoms with Crippen LogP contribution in [-0.2, 0) is 4.79 Å². The zero-order valence-electron chi connectivity index (χ0n) is 19.9. The van der Waals surface area contributed by atoms with Crippen LogP contribution < -0.4 is 10.1 Å². The number of carbonyl (C=O) groups is 2. The van der Waals surface area contributed by atoms with Crippen molar-refractivity contribution in [1.82, 2.24) is 5.32 Å². The maximum atomic E-state index is 13.1. The third-order valence-electron chi connectivity index (χ3n) is 5.93. The van der Waals surface area contributed by atoms with E-state index in [-0.39, 0.29) is 11.8 Å². The van der Waals surface area contributed by atoms with Gasteiger partial charge in [0.1, 0.15) is 5.75 Å². The lowest BCUT2D eigenvalue weighted by atomic mass is 9.96. The number of carbonyl (C=O) groups excluding carboxylic acids is 2. The zero-order valence-corrected chi connectivity index (χ0v) is 20.7. The van der Waals surface area contributed by atoms with Crippen molar-refractivity contribution in [2.75, 3.05) is 6.61 Å². The number of hydrogen-bond donors (Lipinski definition) is 1. The van der Waals surface area contributed by atoms with E-state index in [9.17, 15) is 22.8 Å². The molecule has 1 aliphatic carbocycles. The summed E-state index contributed by atoms with van der Waals surface area (Å²) in [5, 5.41) is 12.9. The van der Waals surface area contributed by atoms with Gasteiger partial charge >= 0.3 is 6.18 Å². The standard InChI is InChI=1S/C27H26F3N3O3S/c28-27(29,30)17-36-22-13-11-18(12-14-22)20-15-23(37-16-20)25(34)31-26(35)24(19-7-3-1-4-8-19)33-32-21-9-5-2-6-10-21/h1,3-4,7-8,11-16,21,24H,2,5-6,9-10,17H2,(H,31,34,35)/t24-/m0/s1. The Hall–Kier alpha value is -3.53. The van der Waals surface area contributed by atoms with Crippen LogP contribution in [0.3, 0.4) is 0 Å². The third kappa shape index (κ3) is 7.72. The second-order valence-corrected chi connectivity index (χ2v) is 9.69. The van der Waals surface area contributed by atoms with Gasteiger partial charge in [-0.3, -0.25) is 14.9 Å². The van der Waals surface area contributed by atoms with Crippen LogP contribution in [0.5, 0.6) is 5.75 Å². The van der Waals surface area contributed by atoms with E-state index in [2.05, 4.69) is 15.5 Å². The van der Waals surface area contributed by atoms with Crippen LogP contribution in [0, 0.1) is 0 Å². The van der Waals surface area contributed by atoms with Gasteiger partial charge in [0, 0.05) is 0 Å². The molecule has 0 bridgehead atoms. The van der Waals surface area contributed by atoms with Crippen LogP contribution in [0.1, 0.15) is 53.4 Å². The molecule has 1 heterocycles. The maximum absolute atomic E-state index is 13.1. The fourth-order valence-corrected chi connectivity index (χ4v) is 4.83. The van der Waals surface area contributed by atoms with Gasteiger partial charge in [-0.1, -0.05) is 61.7 Å². The number of nitrogens with one attached hydrogen (secondary N) is 1. The molecule has 0 radical (unpaired) electrons. The number of hydrogen-bond acceptors (Lipinski definition) is 6. The van der Waals surface area contributed by atoms with Crippen molar-refractivity contribution in [2.24, 2.45) is 10.2 Å². The molecule has 3 aromatic rings. The summed E-state index contributed by atoms with van der Waals surface area (Å²) in [6, 6.07) is 15.9. The van der Waals surface area contributed by atoms with E-state index < -0.39 is 30.6 Å². The van der Waals surface area contributed by atoms with Gasteiger partial charge in [-0.15, -0.1) is 11.3 Å². The Morgan fingerprint density at radius 1 is 1.00 bits per heavy atom. The summed E-state index contributed by atoms with van der Waals surface area (Å²) < 4.78 is 41.7. The number of rotatable bonds is 8. The molecule has 0 aliphatic heterocycles. The normalized spacial score (nSPS) is 15.4. The molecule has 0 spiro atoms. The van der Waals surface area contributed by atoms with Crippen LogP contribution in [-0.4, -0.2) is 30.6 Å². The number of benzene rings is 2. The largest absolute Gasteiger partial charge is 0.484 e. The topological polar surface area (TPSA) is 80.1 Å². The first-order chi connectivity index (χ1) is 17.8. The molecule has 194 valence electrons. The lowest BCUT2D eigenvalue weighted by Gasteiger charge is -2.17. The van der Waals surface area contributed by atoms with Crippen molar-refractivity contribution < 1.29 is 27.5 Å². The number of alkyl halides is 3. The minimum atomic E-state index is -4.41. The van der Waals surface area contributed by atoms with E-state index in [0.717, 1.165) is 37.0 Å². The second-order valence-electron chi connectivity index (χ2n) is 8.78. The third-order valence-corrected chi connectivity index (χ3v) is 6.86. The second kappa shape index (κ2) is 12.1. The molecule has 1 N–H and O–H groups in total. The summed E-state index contributed by atoms with van der Waals surface area (Å²) in [5.74, 6) is -1.02. The molecule has 2 aromatic carbocycles. The summed E-state index contributed by atoms with van der Waals surface area (Å²) in [6.07, 6.45) is 0.838. The van der Waals surface area contributed by atoms with Gasteiger partial charge in [0.15, 0.2) is 12.6 Å². The molecule has 0 saturated heterocycles. The van der Waals surface area contributed by atoms with Gasteiger partial charge in [0.25, 0.3) is 11.8 Å². The molecule has 1 saturated carbocycles. The van der Waals surface area contributed by atoms with Gasteiger partial charge in [-0.25, -0.2) is 0 Å². The number of thiophene rings is 1. The van der Waals surface area contributed by atoms with E-state index in [0.29, 0.717) is 21.6 Å². The predicted molar refractivity (Wildman–Crippen MR) is 135 cm³/mol. The van der Waals surface area contributed by atoms with Crippen molar-refractivity contribution in [3.05, 3.63) is 76.5 Å². The highest BCUT2D eigenvalue weighted by molar-refractivity contribution is 7.12.